The third-order valence-electron chi connectivity index (χ3n) is 4.86. The Kier molecular flexibility index (Phi) is 13.0. The lowest BCUT2D eigenvalue weighted by molar-refractivity contribution is -0.146. The molecule has 25 heavy (non-hydrogen) atoms. The van der Waals surface area contributed by atoms with Crippen molar-refractivity contribution in [1.82, 2.24) is 0 Å². The molecular formula is C20H38O5. The van der Waals surface area contributed by atoms with Crippen LogP contribution in [-0.4, -0.2) is 47.7 Å². The fraction of sp³-hybridized carbons (Fsp3) is 0.950. The van der Waals surface area contributed by atoms with Gasteiger partial charge in [0.05, 0.1) is 18.3 Å². The standard InChI is InChI=1S/C20H38O5/c1-2-17(22)16-24-20(23)14-10-5-3-4-8-12-18-19(25-18)13-9-6-7-11-15-21/h17-19,21-22H,2-16H2,1H3. The van der Waals surface area contributed by atoms with Crippen LogP contribution in [0, 0.1) is 0 Å². The first kappa shape index (κ1) is 22.4. The molecule has 3 unspecified atom stereocenters. The van der Waals surface area contributed by atoms with E-state index in [1.807, 2.05) is 6.92 Å². The van der Waals surface area contributed by atoms with Crippen LogP contribution >= 0.6 is 0 Å². The summed E-state index contributed by atoms with van der Waals surface area (Å²) in [5.41, 5.74) is 0. The van der Waals surface area contributed by atoms with Gasteiger partial charge in [0.2, 0.25) is 0 Å². The summed E-state index contributed by atoms with van der Waals surface area (Å²) in [7, 11) is 0. The van der Waals surface area contributed by atoms with Gasteiger partial charge >= 0.3 is 5.97 Å². The maximum Gasteiger partial charge on any atom is 0.305 e. The summed E-state index contributed by atoms with van der Waals surface area (Å²) in [4.78, 5) is 11.5. The fourth-order valence-electron chi connectivity index (χ4n) is 3.02. The van der Waals surface area contributed by atoms with Gasteiger partial charge in [0.1, 0.15) is 6.61 Å². The Bertz CT molecular complexity index is 334. The van der Waals surface area contributed by atoms with E-state index in [2.05, 4.69) is 0 Å². The first-order valence-electron chi connectivity index (χ1n) is 10.3. The van der Waals surface area contributed by atoms with Crippen molar-refractivity contribution in [2.24, 2.45) is 0 Å². The number of unbranched alkanes of at least 4 members (excludes halogenated alkanes) is 7. The number of hydrogen-bond donors (Lipinski definition) is 2. The van der Waals surface area contributed by atoms with E-state index in [-0.39, 0.29) is 12.6 Å². The van der Waals surface area contributed by atoms with E-state index in [9.17, 15) is 9.90 Å². The molecule has 1 saturated heterocycles. The monoisotopic (exact) mass is 358 g/mol. The third kappa shape index (κ3) is 12.4. The van der Waals surface area contributed by atoms with Crippen LogP contribution in [0.4, 0.5) is 0 Å². The van der Waals surface area contributed by atoms with E-state index < -0.39 is 6.10 Å². The Morgan fingerprint density at radius 1 is 0.960 bits per heavy atom. The summed E-state index contributed by atoms with van der Waals surface area (Å²) in [6.45, 7) is 2.30. The third-order valence-corrected chi connectivity index (χ3v) is 4.86. The normalized spacial score (nSPS) is 20.4. The summed E-state index contributed by atoms with van der Waals surface area (Å²) in [5, 5.41) is 18.1. The molecule has 0 aromatic carbocycles. The van der Waals surface area contributed by atoms with E-state index in [0.29, 0.717) is 31.7 Å². The zero-order valence-electron chi connectivity index (χ0n) is 16.0. The number of rotatable bonds is 17. The molecule has 0 bridgehead atoms. The number of aliphatic hydroxyl groups is 2. The van der Waals surface area contributed by atoms with E-state index in [1.54, 1.807) is 0 Å². The molecule has 148 valence electrons. The van der Waals surface area contributed by atoms with Gasteiger partial charge in [-0.1, -0.05) is 51.9 Å². The quantitative estimate of drug-likeness (QED) is 0.235. The first-order chi connectivity index (χ1) is 12.2. The molecule has 5 nitrogen and oxygen atoms in total. The number of aliphatic hydroxyl groups excluding tert-OH is 2. The maximum absolute atomic E-state index is 11.5. The number of esters is 1. The Morgan fingerprint density at radius 2 is 1.52 bits per heavy atom. The summed E-state index contributed by atoms with van der Waals surface area (Å²) in [6.07, 6.45) is 13.8. The lowest BCUT2D eigenvalue weighted by atomic mass is 10.0. The summed E-state index contributed by atoms with van der Waals surface area (Å²) >= 11 is 0. The molecule has 0 aromatic heterocycles. The Hall–Kier alpha value is -0.650. The topological polar surface area (TPSA) is 79.3 Å². The van der Waals surface area contributed by atoms with Crippen molar-refractivity contribution in [1.29, 1.82) is 0 Å². The summed E-state index contributed by atoms with van der Waals surface area (Å²) < 4.78 is 10.7. The average molecular weight is 359 g/mol. The molecule has 0 spiro atoms. The molecule has 3 atom stereocenters. The summed E-state index contributed by atoms with van der Waals surface area (Å²) in [6, 6.07) is 0. The van der Waals surface area contributed by atoms with Gasteiger partial charge in [0, 0.05) is 13.0 Å². The van der Waals surface area contributed by atoms with Crippen LogP contribution < -0.4 is 0 Å². The van der Waals surface area contributed by atoms with Crippen molar-refractivity contribution >= 4 is 5.97 Å². The molecule has 1 fully saturated rings. The minimum absolute atomic E-state index is 0.124. The number of carbonyl (C=O) groups excluding carboxylic acids is 1. The Morgan fingerprint density at radius 3 is 2.12 bits per heavy atom. The highest BCUT2D eigenvalue weighted by atomic mass is 16.6. The second-order valence-electron chi connectivity index (χ2n) is 7.19. The van der Waals surface area contributed by atoms with Gasteiger partial charge in [-0.05, 0) is 32.1 Å². The van der Waals surface area contributed by atoms with Crippen LogP contribution in [0.2, 0.25) is 0 Å². The molecule has 0 saturated carbocycles. The van der Waals surface area contributed by atoms with Gasteiger partial charge in [-0.3, -0.25) is 4.79 Å². The maximum atomic E-state index is 11.5. The number of epoxide rings is 1. The molecular weight excluding hydrogens is 320 g/mol. The second-order valence-corrected chi connectivity index (χ2v) is 7.19. The van der Waals surface area contributed by atoms with Gasteiger partial charge in [-0.2, -0.15) is 0 Å². The molecule has 1 rings (SSSR count). The van der Waals surface area contributed by atoms with Gasteiger partial charge in [-0.25, -0.2) is 0 Å². The van der Waals surface area contributed by atoms with Crippen LogP contribution in [-0.2, 0) is 14.3 Å². The van der Waals surface area contributed by atoms with Crippen LogP contribution in [0.5, 0.6) is 0 Å². The minimum atomic E-state index is -0.530. The van der Waals surface area contributed by atoms with Crippen molar-refractivity contribution in [3.8, 4) is 0 Å². The molecule has 1 aliphatic heterocycles. The van der Waals surface area contributed by atoms with Crippen LogP contribution in [0.25, 0.3) is 0 Å². The predicted octanol–water partition coefficient (Wildman–Crippen LogP) is 3.74. The smallest absolute Gasteiger partial charge is 0.305 e. The van der Waals surface area contributed by atoms with E-state index >= 15 is 0 Å². The predicted molar refractivity (Wildman–Crippen MR) is 98.4 cm³/mol. The molecule has 1 aliphatic rings. The number of carbonyl (C=O) groups is 1. The van der Waals surface area contributed by atoms with Crippen LogP contribution in [0.1, 0.15) is 90.4 Å². The SMILES string of the molecule is CCC(O)COC(=O)CCCCCCCC1OC1CCCCCCO. The first-order valence-corrected chi connectivity index (χ1v) is 10.3. The van der Waals surface area contributed by atoms with Gasteiger partial charge in [0.25, 0.3) is 0 Å². The van der Waals surface area contributed by atoms with Crippen LogP contribution in [0.3, 0.4) is 0 Å². The lowest BCUT2D eigenvalue weighted by Crippen LogP contribution is -2.17. The highest BCUT2D eigenvalue weighted by Gasteiger charge is 2.36. The molecule has 0 radical (unpaired) electrons. The Labute approximate surface area is 153 Å². The van der Waals surface area contributed by atoms with E-state index in [0.717, 1.165) is 38.5 Å². The fourth-order valence-corrected chi connectivity index (χ4v) is 3.02. The summed E-state index contributed by atoms with van der Waals surface area (Å²) in [5.74, 6) is -0.194. The minimum Gasteiger partial charge on any atom is -0.463 e. The average Bonchev–Trinajstić information content (AvgIpc) is 3.36. The Balaban J connectivity index is 1.80. The zero-order valence-corrected chi connectivity index (χ0v) is 16.0. The lowest BCUT2D eigenvalue weighted by Gasteiger charge is -2.08. The van der Waals surface area contributed by atoms with Crippen LogP contribution in [0.15, 0.2) is 0 Å². The van der Waals surface area contributed by atoms with Gasteiger partial charge in [-0.15, -0.1) is 0 Å². The molecule has 1 heterocycles. The molecule has 0 amide bonds. The molecule has 0 aliphatic carbocycles. The molecule has 5 heteroatoms. The van der Waals surface area contributed by atoms with E-state index in [1.165, 1.54) is 32.1 Å². The van der Waals surface area contributed by atoms with Crippen molar-refractivity contribution < 1.29 is 24.5 Å². The number of ether oxygens (including phenoxy) is 2. The highest BCUT2D eigenvalue weighted by molar-refractivity contribution is 5.69. The van der Waals surface area contributed by atoms with Crippen molar-refractivity contribution in [3.05, 3.63) is 0 Å². The molecule has 0 aromatic rings. The van der Waals surface area contributed by atoms with Gasteiger partial charge < -0.3 is 19.7 Å². The van der Waals surface area contributed by atoms with Crippen molar-refractivity contribution in [3.63, 3.8) is 0 Å². The van der Waals surface area contributed by atoms with Crippen molar-refractivity contribution in [2.45, 2.75) is 109 Å². The highest BCUT2D eigenvalue weighted by Crippen LogP contribution is 2.31. The van der Waals surface area contributed by atoms with E-state index in [4.69, 9.17) is 14.6 Å². The zero-order chi connectivity index (χ0) is 18.3. The number of hydrogen-bond acceptors (Lipinski definition) is 5. The van der Waals surface area contributed by atoms with Gasteiger partial charge in [0.15, 0.2) is 0 Å². The second kappa shape index (κ2) is 14.5. The van der Waals surface area contributed by atoms with Crippen molar-refractivity contribution in [2.75, 3.05) is 13.2 Å². The largest absolute Gasteiger partial charge is 0.463 e. The molecule has 2 N–H and O–H groups in total.